The molecule has 19 heavy (non-hydrogen) atoms. The Morgan fingerprint density at radius 3 is 2.63 bits per heavy atom. The molecule has 9 heteroatoms. The molecule has 0 saturated heterocycles. The SMILES string of the molecule is O=C(NCC(F)(F)F)c1ccc(-n2ccnc2)nn1. The maximum Gasteiger partial charge on any atom is 0.405 e. The molecule has 0 atom stereocenters. The molecule has 0 bridgehead atoms. The van der Waals surface area contributed by atoms with Gasteiger partial charge in [0.05, 0.1) is 0 Å². The highest BCUT2D eigenvalue weighted by molar-refractivity contribution is 5.92. The fourth-order valence-corrected chi connectivity index (χ4v) is 1.25. The Morgan fingerprint density at radius 2 is 2.11 bits per heavy atom. The number of amides is 1. The van der Waals surface area contributed by atoms with E-state index in [-0.39, 0.29) is 5.69 Å². The Balaban J connectivity index is 2.04. The second kappa shape index (κ2) is 5.04. The number of alkyl halides is 3. The lowest BCUT2D eigenvalue weighted by molar-refractivity contribution is -0.123. The molecule has 100 valence electrons. The average Bonchev–Trinajstić information content (AvgIpc) is 2.89. The number of aromatic nitrogens is 4. The van der Waals surface area contributed by atoms with Gasteiger partial charge in [0, 0.05) is 12.4 Å². The Hall–Kier alpha value is -2.45. The van der Waals surface area contributed by atoms with Gasteiger partial charge in [-0.2, -0.15) is 13.2 Å². The minimum Gasteiger partial charge on any atom is -0.342 e. The number of nitrogens with one attached hydrogen (secondary N) is 1. The maximum absolute atomic E-state index is 11.9. The molecule has 0 saturated carbocycles. The van der Waals surface area contributed by atoms with Crippen LogP contribution in [0.4, 0.5) is 13.2 Å². The van der Waals surface area contributed by atoms with Gasteiger partial charge >= 0.3 is 6.18 Å². The highest BCUT2D eigenvalue weighted by atomic mass is 19.4. The molecule has 0 radical (unpaired) electrons. The first-order chi connectivity index (χ1) is 8.96. The zero-order chi connectivity index (χ0) is 13.9. The van der Waals surface area contributed by atoms with E-state index in [4.69, 9.17) is 0 Å². The Bertz CT molecular complexity index is 550. The molecular weight excluding hydrogens is 263 g/mol. The highest BCUT2D eigenvalue weighted by Crippen LogP contribution is 2.12. The molecule has 2 aromatic rings. The predicted molar refractivity (Wildman–Crippen MR) is 57.5 cm³/mol. The van der Waals surface area contributed by atoms with Crippen molar-refractivity contribution in [3.8, 4) is 5.82 Å². The van der Waals surface area contributed by atoms with E-state index in [9.17, 15) is 18.0 Å². The fourth-order valence-electron chi connectivity index (χ4n) is 1.25. The second-order valence-electron chi connectivity index (χ2n) is 3.54. The van der Waals surface area contributed by atoms with Gasteiger partial charge in [-0.1, -0.05) is 0 Å². The summed E-state index contributed by atoms with van der Waals surface area (Å²) in [5.74, 6) is -0.521. The molecule has 0 aromatic carbocycles. The van der Waals surface area contributed by atoms with E-state index >= 15 is 0 Å². The molecule has 2 rings (SSSR count). The Kier molecular flexibility index (Phi) is 3.45. The molecular formula is C10H8F3N5O. The quantitative estimate of drug-likeness (QED) is 0.902. The van der Waals surface area contributed by atoms with Crippen LogP contribution in [0.15, 0.2) is 30.9 Å². The minimum atomic E-state index is -4.46. The van der Waals surface area contributed by atoms with Crippen LogP contribution in [-0.4, -0.2) is 38.4 Å². The number of carbonyl (C=O) groups is 1. The van der Waals surface area contributed by atoms with Crippen LogP contribution in [0.25, 0.3) is 5.82 Å². The zero-order valence-electron chi connectivity index (χ0n) is 9.42. The van der Waals surface area contributed by atoms with Crippen molar-refractivity contribution in [2.45, 2.75) is 6.18 Å². The molecule has 0 unspecified atom stereocenters. The Morgan fingerprint density at radius 1 is 1.32 bits per heavy atom. The van der Waals surface area contributed by atoms with Crippen molar-refractivity contribution in [1.82, 2.24) is 25.1 Å². The summed E-state index contributed by atoms with van der Waals surface area (Å²) in [4.78, 5) is 15.2. The second-order valence-corrected chi connectivity index (χ2v) is 3.54. The Labute approximate surface area is 105 Å². The summed E-state index contributed by atoms with van der Waals surface area (Å²) in [7, 11) is 0. The lowest BCUT2D eigenvalue weighted by Gasteiger charge is -2.07. The first kappa shape index (κ1) is 13.0. The van der Waals surface area contributed by atoms with Crippen molar-refractivity contribution in [2.75, 3.05) is 6.54 Å². The monoisotopic (exact) mass is 271 g/mol. The first-order valence-corrected chi connectivity index (χ1v) is 5.13. The van der Waals surface area contributed by atoms with E-state index in [1.807, 2.05) is 0 Å². The van der Waals surface area contributed by atoms with E-state index < -0.39 is 18.6 Å². The topological polar surface area (TPSA) is 72.7 Å². The normalized spacial score (nSPS) is 11.3. The van der Waals surface area contributed by atoms with E-state index in [0.29, 0.717) is 5.82 Å². The number of hydrogen-bond donors (Lipinski definition) is 1. The number of imidazole rings is 1. The summed E-state index contributed by atoms with van der Waals surface area (Å²) in [5.41, 5.74) is -0.187. The standard InChI is InChI=1S/C10H8F3N5O/c11-10(12,13)5-15-9(19)7-1-2-8(17-16-7)18-4-3-14-6-18/h1-4,6H,5H2,(H,15,19). The molecule has 2 aromatic heterocycles. The van der Waals surface area contributed by atoms with Crippen LogP contribution in [0, 0.1) is 0 Å². The van der Waals surface area contributed by atoms with Gasteiger partial charge in [0.1, 0.15) is 12.9 Å². The van der Waals surface area contributed by atoms with Gasteiger partial charge in [0.2, 0.25) is 0 Å². The molecule has 1 amide bonds. The van der Waals surface area contributed by atoms with Crippen LogP contribution in [0.3, 0.4) is 0 Å². The van der Waals surface area contributed by atoms with E-state index in [0.717, 1.165) is 0 Å². The third-order valence-corrected chi connectivity index (χ3v) is 2.10. The van der Waals surface area contributed by atoms with Crippen LogP contribution < -0.4 is 5.32 Å². The largest absolute Gasteiger partial charge is 0.405 e. The summed E-state index contributed by atoms with van der Waals surface area (Å²) in [5, 5.41) is 8.98. The van der Waals surface area contributed by atoms with Gasteiger partial charge in [0.15, 0.2) is 11.5 Å². The molecule has 0 spiro atoms. The molecule has 0 aliphatic heterocycles. The molecule has 2 heterocycles. The maximum atomic E-state index is 11.9. The van der Waals surface area contributed by atoms with Crippen LogP contribution in [0.1, 0.15) is 10.5 Å². The van der Waals surface area contributed by atoms with Gasteiger partial charge in [0.25, 0.3) is 5.91 Å². The molecule has 6 nitrogen and oxygen atoms in total. The minimum absolute atomic E-state index is 0.187. The van der Waals surface area contributed by atoms with E-state index in [2.05, 4.69) is 15.2 Å². The average molecular weight is 271 g/mol. The van der Waals surface area contributed by atoms with Gasteiger partial charge in [-0.3, -0.25) is 9.36 Å². The smallest absolute Gasteiger partial charge is 0.342 e. The van der Waals surface area contributed by atoms with E-state index in [1.165, 1.54) is 24.7 Å². The summed E-state index contributed by atoms with van der Waals surface area (Å²) < 4.78 is 37.3. The summed E-state index contributed by atoms with van der Waals surface area (Å²) in [6.07, 6.45) is 0.173. The third-order valence-electron chi connectivity index (χ3n) is 2.10. The van der Waals surface area contributed by atoms with Gasteiger partial charge in [-0.25, -0.2) is 4.98 Å². The lowest BCUT2D eigenvalue weighted by atomic mass is 10.3. The van der Waals surface area contributed by atoms with Gasteiger partial charge < -0.3 is 5.32 Å². The van der Waals surface area contributed by atoms with Crippen LogP contribution >= 0.6 is 0 Å². The zero-order valence-corrected chi connectivity index (χ0v) is 9.42. The van der Waals surface area contributed by atoms with Crippen molar-refractivity contribution in [3.05, 3.63) is 36.5 Å². The lowest BCUT2D eigenvalue weighted by Crippen LogP contribution is -2.34. The van der Waals surface area contributed by atoms with Gasteiger partial charge in [-0.15, -0.1) is 10.2 Å². The number of hydrogen-bond acceptors (Lipinski definition) is 4. The summed E-state index contributed by atoms with van der Waals surface area (Å²) >= 11 is 0. The summed E-state index contributed by atoms with van der Waals surface area (Å²) in [6.45, 7) is -1.41. The predicted octanol–water partition coefficient (Wildman–Crippen LogP) is 0.954. The van der Waals surface area contributed by atoms with Crippen molar-refractivity contribution in [2.24, 2.45) is 0 Å². The van der Waals surface area contributed by atoms with Gasteiger partial charge in [-0.05, 0) is 12.1 Å². The van der Waals surface area contributed by atoms with Crippen molar-refractivity contribution < 1.29 is 18.0 Å². The molecule has 0 fully saturated rings. The number of nitrogens with zero attached hydrogens (tertiary/aromatic N) is 4. The summed E-state index contributed by atoms with van der Waals surface area (Å²) in [6, 6.07) is 2.74. The molecule has 0 aliphatic rings. The van der Waals surface area contributed by atoms with Crippen molar-refractivity contribution in [3.63, 3.8) is 0 Å². The fraction of sp³-hybridized carbons (Fsp3) is 0.200. The first-order valence-electron chi connectivity index (χ1n) is 5.13. The highest BCUT2D eigenvalue weighted by Gasteiger charge is 2.28. The number of carbonyl (C=O) groups excluding carboxylic acids is 1. The van der Waals surface area contributed by atoms with Crippen LogP contribution in [-0.2, 0) is 0 Å². The third kappa shape index (κ3) is 3.50. The van der Waals surface area contributed by atoms with Crippen molar-refractivity contribution >= 4 is 5.91 Å². The van der Waals surface area contributed by atoms with Crippen LogP contribution in [0.2, 0.25) is 0 Å². The molecule has 1 N–H and O–H groups in total. The molecule has 0 aliphatic carbocycles. The van der Waals surface area contributed by atoms with Crippen LogP contribution in [0.5, 0.6) is 0 Å². The number of rotatable bonds is 3. The number of halogens is 3. The van der Waals surface area contributed by atoms with Crippen molar-refractivity contribution in [1.29, 1.82) is 0 Å². The van der Waals surface area contributed by atoms with E-state index in [1.54, 1.807) is 16.1 Å².